The van der Waals surface area contributed by atoms with Crippen molar-refractivity contribution in [2.24, 2.45) is 0 Å². The van der Waals surface area contributed by atoms with E-state index in [1.54, 1.807) is 17.8 Å². The Morgan fingerprint density at radius 2 is 1.96 bits per heavy atom. The number of aryl methyl sites for hydroxylation is 2. The van der Waals surface area contributed by atoms with Crippen molar-refractivity contribution in [3.63, 3.8) is 0 Å². The lowest BCUT2D eigenvalue weighted by Crippen LogP contribution is -2.28. The van der Waals surface area contributed by atoms with E-state index in [2.05, 4.69) is 17.2 Å². The van der Waals surface area contributed by atoms with Crippen LogP contribution in [0.25, 0.3) is 0 Å². The minimum absolute atomic E-state index is 0.169. The molecule has 2 N–H and O–H groups in total. The van der Waals surface area contributed by atoms with E-state index in [9.17, 15) is 9.59 Å². The first-order chi connectivity index (χ1) is 11.3. The van der Waals surface area contributed by atoms with Crippen molar-refractivity contribution in [3.8, 4) is 0 Å². The van der Waals surface area contributed by atoms with Gasteiger partial charge in [0.15, 0.2) is 0 Å². The van der Waals surface area contributed by atoms with Crippen molar-refractivity contribution in [2.75, 3.05) is 5.75 Å². The maximum absolute atomic E-state index is 12.5. The lowest BCUT2D eigenvalue weighted by Gasteiger charge is -2.13. The third-order valence-electron chi connectivity index (χ3n) is 3.79. The van der Waals surface area contributed by atoms with Crippen LogP contribution >= 0.6 is 23.4 Å². The second kappa shape index (κ2) is 7.90. The van der Waals surface area contributed by atoms with Crippen LogP contribution in [0.15, 0.2) is 27.9 Å². The Labute approximate surface area is 151 Å². The van der Waals surface area contributed by atoms with E-state index in [0.717, 1.165) is 27.5 Å². The number of thioether (sulfide) groups is 1. The van der Waals surface area contributed by atoms with E-state index in [4.69, 9.17) is 11.6 Å². The van der Waals surface area contributed by atoms with Gasteiger partial charge in [0, 0.05) is 33.3 Å². The van der Waals surface area contributed by atoms with Crippen LogP contribution in [-0.4, -0.2) is 16.6 Å². The summed E-state index contributed by atoms with van der Waals surface area (Å²) in [6, 6.07) is 5.43. The zero-order valence-corrected chi connectivity index (χ0v) is 15.8. The van der Waals surface area contributed by atoms with Gasteiger partial charge in [0.2, 0.25) is 0 Å². The molecule has 128 valence electrons. The number of rotatable bonds is 5. The second-order valence-corrected chi connectivity index (χ2v) is 7.38. The fourth-order valence-electron chi connectivity index (χ4n) is 2.56. The van der Waals surface area contributed by atoms with Crippen LogP contribution < -0.4 is 10.9 Å². The highest BCUT2D eigenvalue weighted by atomic mass is 35.5. The van der Waals surface area contributed by atoms with Crippen molar-refractivity contribution < 1.29 is 4.79 Å². The number of aromatic amines is 1. The molecular weight excluding hydrogens is 344 g/mol. The van der Waals surface area contributed by atoms with E-state index in [1.165, 1.54) is 0 Å². The topological polar surface area (TPSA) is 62.0 Å². The maximum Gasteiger partial charge on any atom is 0.253 e. The average molecular weight is 365 g/mol. The van der Waals surface area contributed by atoms with E-state index in [-0.39, 0.29) is 18.0 Å². The normalized spacial score (nSPS) is 10.7. The van der Waals surface area contributed by atoms with Crippen LogP contribution in [0.2, 0.25) is 5.02 Å². The molecule has 0 spiro atoms. The largest absolute Gasteiger partial charge is 0.348 e. The summed E-state index contributed by atoms with van der Waals surface area (Å²) in [6.45, 7) is 7.84. The molecule has 0 bridgehead atoms. The summed E-state index contributed by atoms with van der Waals surface area (Å²) in [5.41, 5.74) is 3.51. The van der Waals surface area contributed by atoms with E-state index in [1.807, 2.05) is 32.9 Å². The molecule has 0 aliphatic heterocycles. The Morgan fingerprint density at radius 1 is 1.25 bits per heavy atom. The zero-order valence-electron chi connectivity index (χ0n) is 14.2. The highest BCUT2D eigenvalue weighted by Gasteiger charge is 2.15. The molecule has 24 heavy (non-hydrogen) atoms. The fourth-order valence-corrected chi connectivity index (χ4v) is 3.69. The molecular formula is C18H21ClN2O2S. The SMILES string of the molecule is CCSc1cc(Cl)cc(C(=O)NCc2c(C)cc(C)[nH]c2=O)c1C. The summed E-state index contributed by atoms with van der Waals surface area (Å²) >= 11 is 7.79. The fraction of sp³-hybridized carbons (Fsp3) is 0.333. The molecule has 1 aromatic carbocycles. The number of halogens is 1. The highest BCUT2D eigenvalue weighted by Crippen LogP contribution is 2.28. The van der Waals surface area contributed by atoms with Crippen molar-refractivity contribution >= 4 is 29.3 Å². The summed E-state index contributed by atoms with van der Waals surface area (Å²) in [5.74, 6) is 0.674. The summed E-state index contributed by atoms with van der Waals surface area (Å²) in [7, 11) is 0. The number of hydrogen-bond acceptors (Lipinski definition) is 3. The van der Waals surface area contributed by atoms with Gasteiger partial charge in [-0.1, -0.05) is 18.5 Å². The predicted molar refractivity (Wildman–Crippen MR) is 100 cm³/mol. The first-order valence-corrected chi connectivity index (χ1v) is 9.10. The minimum atomic E-state index is -0.229. The Hall–Kier alpha value is -1.72. The monoisotopic (exact) mass is 364 g/mol. The smallest absolute Gasteiger partial charge is 0.253 e. The molecule has 2 aromatic rings. The van der Waals surface area contributed by atoms with Gasteiger partial charge in [-0.2, -0.15) is 0 Å². The number of amides is 1. The molecule has 1 aromatic heterocycles. The third-order valence-corrected chi connectivity index (χ3v) is 5.03. The molecule has 0 aliphatic rings. The standard InChI is InChI=1S/C18H21ClN2O2S/c1-5-24-16-8-13(19)7-14(12(16)4)17(22)20-9-15-10(2)6-11(3)21-18(15)23/h6-8H,5,9H2,1-4H3,(H,20,22)(H,21,23). The van der Waals surface area contributed by atoms with Crippen LogP contribution in [0.1, 0.15) is 39.7 Å². The molecule has 0 saturated heterocycles. The van der Waals surface area contributed by atoms with Crippen LogP contribution in [0, 0.1) is 20.8 Å². The molecule has 0 aliphatic carbocycles. The first-order valence-electron chi connectivity index (χ1n) is 7.74. The van der Waals surface area contributed by atoms with Crippen molar-refractivity contribution in [1.82, 2.24) is 10.3 Å². The molecule has 0 saturated carbocycles. The van der Waals surface area contributed by atoms with Crippen LogP contribution in [0.3, 0.4) is 0 Å². The van der Waals surface area contributed by atoms with Gasteiger partial charge in [-0.15, -0.1) is 11.8 Å². The van der Waals surface area contributed by atoms with Crippen molar-refractivity contribution in [2.45, 2.75) is 39.1 Å². The number of H-pyrrole nitrogens is 1. The van der Waals surface area contributed by atoms with Crippen LogP contribution in [0.5, 0.6) is 0 Å². The first kappa shape index (κ1) is 18.6. The van der Waals surface area contributed by atoms with Gasteiger partial charge in [-0.3, -0.25) is 9.59 Å². The summed E-state index contributed by atoms with van der Waals surface area (Å²) < 4.78 is 0. The van der Waals surface area contributed by atoms with Gasteiger partial charge in [0.05, 0.1) is 0 Å². The van der Waals surface area contributed by atoms with Gasteiger partial charge < -0.3 is 10.3 Å². The van der Waals surface area contributed by atoms with Crippen LogP contribution in [-0.2, 0) is 6.54 Å². The molecule has 0 fully saturated rings. The minimum Gasteiger partial charge on any atom is -0.348 e. The van der Waals surface area contributed by atoms with E-state index >= 15 is 0 Å². The molecule has 0 unspecified atom stereocenters. The summed E-state index contributed by atoms with van der Waals surface area (Å²) in [4.78, 5) is 28.3. The molecule has 4 nitrogen and oxygen atoms in total. The van der Waals surface area contributed by atoms with Gasteiger partial charge in [0.1, 0.15) is 0 Å². The number of aromatic nitrogens is 1. The Kier molecular flexibility index (Phi) is 6.13. The molecule has 2 rings (SSSR count). The average Bonchev–Trinajstić information content (AvgIpc) is 2.49. The number of pyridine rings is 1. The number of benzene rings is 1. The molecule has 0 radical (unpaired) electrons. The lowest BCUT2D eigenvalue weighted by atomic mass is 10.1. The third kappa shape index (κ3) is 4.22. The van der Waals surface area contributed by atoms with E-state index in [0.29, 0.717) is 16.1 Å². The molecule has 0 atom stereocenters. The Balaban J connectivity index is 2.24. The van der Waals surface area contributed by atoms with Crippen molar-refractivity contribution in [3.05, 3.63) is 61.5 Å². The molecule has 6 heteroatoms. The Bertz CT molecular complexity index is 830. The van der Waals surface area contributed by atoms with Gasteiger partial charge >= 0.3 is 0 Å². The summed E-state index contributed by atoms with van der Waals surface area (Å²) in [6.07, 6.45) is 0. The molecule has 1 heterocycles. The van der Waals surface area contributed by atoms with Gasteiger partial charge in [-0.05, 0) is 55.9 Å². The Morgan fingerprint density at radius 3 is 2.58 bits per heavy atom. The van der Waals surface area contributed by atoms with Crippen molar-refractivity contribution in [1.29, 1.82) is 0 Å². The summed E-state index contributed by atoms with van der Waals surface area (Å²) in [5, 5.41) is 3.36. The number of carbonyl (C=O) groups excluding carboxylic acids is 1. The van der Waals surface area contributed by atoms with Gasteiger partial charge in [-0.25, -0.2) is 0 Å². The zero-order chi connectivity index (χ0) is 17.9. The lowest BCUT2D eigenvalue weighted by molar-refractivity contribution is 0.0950. The maximum atomic E-state index is 12.5. The number of nitrogens with one attached hydrogen (secondary N) is 2. The number of hydrogen-bond donors (Lipinski definition) is 2. The van der Waals surface area contributed by atoms with Crippen LogP contribution in [0.4, 0.5) is 0 Å². The highest BCUT2D eigenvalue weighted by molar-refractivity contribution is 7.99. The quantitative estimate of drug-likeness (QED) is 0.788. The molecule has 1 amide bonds. The van der Waals surface area contributed by atoms with Gasteiger partial charge in [0.25, 0.3) is 11.5 Å². The van der Waals surface area contributed by atoms with E-state index < -0.39 is 0 Å². The predicted octanol–water partition coefficient (Wildman–Crippen LogP) is 4.00. The second-order valence-electron chi connectivity index (χ2n) is 5.64. The number of carbonyl (C=O) groups is 1.